The van der Waals surface area contributed by atoms with Crippen molar-refractivity contribution in [2.24, 2.45) is 0 Å². The maximum Gasteiger partial charge on any atom is 0.255 e. The van der Waals surface area contributed by atoms with Gasteiger partial charge >= 0.3 is 0 Å². The van der Waals surface area contributed by atoms with Gasteiger partial charge in [0.15, 0.2) is 0 Å². The lowest BCUT2D eigenvalue weighted by Crippen LogP contribution is -2.27. The van der Waals surface area contributed by atoms with Crippen molar-refractivity contribution in [2.45, 2.75) is 19.4 Å². The summed E-state index contributed by atoms with van der Waals surface area (Å²) in [5.74, 6) is -0.384. The highest BCUT2D eigenvalue weighted by Crippen LogP contribution is 2.28. The summed E-state index contributed by atoms with van der Waals surface area (Å²) in [4.78, 5) is 1.37. The molecule has 0 saturated carbocycles. The zero-order valence-electron chi connectivity index (χ0n) is 10.2. The van der Waals surface area contributed by atoms with E-state index in [9.17, 15) is 13.2 Å². The summed E-state index contributed by atoms with van der Waals surface area (Å²) in [6.45, 7) is 1.38. The molecule has 17 heavy (non-hydrogen) atoms. The summed E-state index contributed by atoms with van der Waals surface area (Å²) >= 11 is 0. The molecule has 0 aliphatic heterocycles. The average Bonchev–Trinajstić information content (AvgIpc) is 2.26. The van der Waals surface area contributed by atoms with Crippen LogP contribution in [0.2, 0.25) is 0 Å². The van der Waals surface area contributed by atoms with Crippen LogP contribution >= 0.6 is 0 Å². The van der Waals surface area contributed by atoms with Crippen molar-refractivity contribution < 1.29 is 13.2 Å². The summed E-state index contributed by atoms with van der Waals surface area (Å²) in [5, 5.41) is 2.92. The maximum absolute atomic E-state index is 13.7. The molecule has 0 bridgehead atoms. The van der Waals surface area contributed by atoms with Gasteiger partial charge in [-0.15, -0.1) is 0 Å². The third kappa shape index (κ3) is 3.36. The van der Waals surface area contributed by atoms with Crippen LogP contribution in [0.1, 0.15) is 18.5 Å². The minimum Gasteiger partial charge on any atom is -0.369 e. The monoisotopic (exact) mass is 246 g/mol. The Morgan fingerprint density at radius 1 is 1.35 bits per heavy atom. The van der Waals surface area contributed by atoms with Crippen LogP contribution in [-0.2, 0) is 0 Å². The van der Waals surface area contributed by atoms with Gasteiger partial charge < -0.3 is 10.2 Å². The molecule has 1 atom stereocenters. The molecule has 0 aromatic heterocycles. The molecule has 0 aliphatic carbocycles. The highest BCUT2D eigenvalue weighted by atomic mass is 19.3. The molecule has 1 aromatic rings. The minimum absolute atomic E-state index is 0.230. The predicted octanol–water partition coefficient (Wildman–Crippen LogP) is 2.81. The molecule has 1 rings (SSSR count). The summed E-state index contributed by atoms with van der Waals surface area (Å²) in [6.07, 6.45) is -2.44. The van der Waals surface area contributed by atoms with E-state index < -0.39 is 13.0 Å². The zero-order chi connectivity index (χ0) is 13.0. The van der Waals surface area contributed by atoms with Crippen molar-refractivity contribution in [2.75, 3.05) is 25.5 Å². The number of nitrogens with zero attached hydrogens (tertiary/aromatic N) is 1. The molecule has 96 valence electrons. The first-order chi connectivity index (χ1) is 7.97. The lowest BCUT2D eigenvalue weighted by molar-refractivity contribution is 0.156. The molecule has 0 spiro atoms. The largest absolute Gasteiger partial charge is 0.369 e. The molecule has 0 radical (unpaired) electrons. The molecule has 0 fully saturated rings. The molecular weight excluding hydrogens is 229 g/mol. The number of benzene rings is 1. The Kier molecular flexibility index (Phi) is 4.81. The molecule has 0 heterocycles. The highest BCUT2D eigenvalue weighted by molar-refractivity contribution is 5.55. The van der Waals surface area contributed by atoms with E-state index in [-0.39, 0.29) is 11.9 Å². The van der Waals surface area contributed by atoms with Gasteiger partial charge in [0, 0.05) is 24.3 Å². The van der Waals surface area contributed by atoms with E-state index in [1.807, 2.05) is 0 Å². The number of alkyl halides is 2. The topological polar surface area (TPSA) is 15.3 Å². The molecule has 5 heteroatoms. The van der Waals surface area contributed by atoms with Crippen molar-refractivity contribution in [3.05, 3.63) is 29.6 Å². The Morgan fingerprint density at radius 3 is 2.53 bits per heavy atom. The highest BCUT2D eigenvalue weighted by Gasteiger charge is 2.18. The van der Waals surface area contributed by atoms with Crippen LogP contribution in [0.3, 0.4) is 0 Å². The molecule has 1 N–H and O–H groups in total. The standard InChI is InChI=1S/C12H17F3N2/c1-8(16-2)12-9(13)5-4-6-10(12)17(3)7-11(14)15/h4-6,8,11,16H,7H2,1-3H3. The van der Waals surface area contributed by atoms with Gasteiger partial charge in [-0.05, 0) is 26.1 Å². The van der Waals surface area contributed by atoms with Crippen LogP contribution in [-0.4, -0.2) is 27.1 Å². The van der Waals surface area contributed by atoms with Crippen molar-refractivity contribution >= 4 is 5.69 Å². The van der Waals surface area contributed by atoms with E-state index in [1.165, 1.54) is 24.1 Å². The Balaban J connectivity index is 3.09. The minimum atomic E-state index is -2.44. The third-order valence-electron chi connectivity index (χ3n) is 2.72. The molecule has 1 unspecified atom stereocenters. The van der Waals surface area contributed by atoms with Crippen LogP contribution in [0.15, 0.2) is 18.2 Å². The summed E-state index contributed by atoms with van der Waals surface area (Å²) in [7, 11) is 3.24. The molecule has 0 saturated heterocycles. The van der Waals surface area contributed by atoms with Crippen LogP contribution in [0, 0.1) is 5.82 Å². The molecular formula is C12H17F3N2. The van der Waals surface area contributed by atoms with Crippen LogP contribution in [0.5, 0.6) is 0 Å². The Labute approximate surface area is 99.4 Å². The summed E-state index contributed by atoms with van der Waals surface area (Å²) < 4.78 is 38.4. The van der Waals surface area contributed by atoms with Crippen molar-refractivity contribution in [1.29, 1.82) is 0 Å². The lowest BCUT2D eigenvalue weighted by Gasteiger charge is -2.25. The second kappa shape index (κ2) is 5.91. The van der Waals surface area contributed by atoms with Gasteiger partial charge in [-0.2, -0.15) is 0 Å². The molecule has 1 aromatic carbocycles. The summed E-state index contributed by atoms with van der Waals surface area (Å²) in [5.41, 5.74) is 0.908. The fourth-order valence-corrected chi connectivity index (χ4v) is 1.74. The van der Waals surface area contributed by atoms with Crippen LogP contribution < -0.4 is 10.2 Å². The summed E-state index contributed by atoms with van der Waals surface area (Å²) in [6, 6.07) is 4.28. The van der Waals surface area contributed by atoms with Crippen molar-refractivity contribution in [1.82, 2.24) is 5.32 Å². The predicted molar refractivity (Wildman–Crippen MR) is 63.1 cm³/mol. The second-order valence-corrected chi connectivity index (χ2v) is 3.95. The Bertz CT molecular complexity index is 369. The molecule has 0 amide bonds. The van der Waals surface area contributed by atoms with Gasteiger partial charge in [0.1, 0.15) is 5.82 Å². The molecule has 2 nitrogen and oxygen atoms in total. The number of hydrogen-bond donors (Lipinski definition) is 1. The number of halogens is 3. The van der Waals surface area contributed by atoms with Gasteiger partial charge in [-0.1, -0.05) is 6.07 Å². The van der Waals surface area contributed by atoms with Gasteiger partial charge in [0.2, 0.25) is 0 Å². The Hall–Kier alpha value is -1.23. The van der Waals surface area contributed by atoms with E-state index in [4.69, 9.17) is 0 Å². The number of rotatable bonds is 5. The first-order valence-electron chi connectivity index (χ1n) is 5.42. The van der Waals surface area contributed by atoms with Gasteiger partial charge in [-0.25, -0.2) is 13.2 Å². The van der Waals surface area contributed by atoms with Crippen LogP contribution in [0.25, 0.3) is 0 Å². The van der Waals surface area contributed by atoms with E-state index in [2.05, 4.69) is 5.32 Å². The first-order valence-corrected chi connectivity index (χ1v) is 5.42. The van der Waals surface area contributed by atoms with Crippen molar-refractivity contribution in [3.63, 3.8) is 0 Å². The van der Waals surface area contributed by atoms with E-state index in [1.54, 1.807) is 20.0 Å². The van der Waals surface area contributed by atoms with Crippen LogP contribution in [0.4, 0.5) is 18.9 Å². The van der Waals surface area contributed by atoms with E-state index in [0.29, 0.717) is 11.3 Å². The zero-order valence-corrected chi connectivity index (χ0v) is 10.2. The van der Waals surface area contributed by atoms with E-state index in [0.717, 1.165) is 0 Å². The number of anilines is 1. The smallest absolute Gasteiger partial charge is 0.255 e. The Morgan fingerprint density at radius 2 is 2.00 bits per heavy atom. The SMILES string of the molecule is CNC(C)c1c(F)cccc1N(C)CC(F)F. The van der Waals surface area contributed by atoms with Gasteiger partial charge in [-0.3, -0.25) is 0 Å². The first kappa shape index (κ1) is 13.8. The average molecular weight is 246 g/mol. The van der Waals surface area contributed by atoms with E-state index >= 15 is 0 Å². The van der Waals surface area contributed by atoms with Crippen molar-refractivity contribution in [3.8, 4) is 0 Å². The van der Waals surface area contributed by atoms with Gasteiger partial charge in [0.05, 0.1) is 6.54 Å². The van der Waals surface area contributed by atoms with Gasteiger partial charge in [0.25, 0.3) is 6.43 Å². The lowest BCUT2D eigenvalue weighted by atomic mass is 10.0. The molecule has 0 aliphatic rings. The fraction of sp³-hybridized carbons (Fsp3) is 0.500. The fourth-order valence-electron chi connectivity index (χ4n) is 1.74. The second-order valence-electron chi connectivity index (χ2n) is 3.95. The number of nitrogens with one attached hydrogen (secondary N) is 1. The quantitative estimate of drug-likeness (QED) is 0.859. The third-order valence-corrected chi connectivity index (χ3v) is 2.72. The normalized spacial score (nSPS) is 12.9. The maximum atomic E-state index is 13.7. The number of hydrogen-bond acceptors (Lipinski definition) is 2.